The van der Waals surface area contributed by atoms with Crippen LogP contribution in [0, 0.1) is 13.8 Å². The molecule has 18 aromatic carbocycles. The third kappa shape index (κ3) is 9.73. The zero-order valence-electron chi connectivity index (χ0n) is 60.7. The first-order valence-electron chi connectivity index (χ1n) is 37.3. The number of fused-ring (bicyclic) bond motifs is 16. The summed E-state index contributed by atoms with van der Waals surface area (Å²) in [6.07, 6.45) is 0. The fourth-order valence-electron chi connectivity index (χ4n) is 18.9. The molecule has 21 rings (SSSR count). The molecular weight excluding hydrogens is 1260 g/mol. The molecule has 3 aliphatic carbocycles. The van der Waals surface area contributed by atoms with Crippen LogP contribution in [-0.2, 0) is 16.2 Å². The van der Waals surface area contributed by atoms with Crippen LogP contribution in [0.15, 0.2) is 328 Å². The molecule has 0 unspecified atom stereocenters. The van der Waals surface area contributed by atoms with Gasteiger partial charge in [0, 0.05) is 16.2 Å². The first kappa shape index (κ1) is 62.5. The normalized spacial score (nSPS) is 13.9. The van der Waals surface area contributed by atoms with Crippen LogP contribution in [0.2, 0.25) is 0 Å². The monoisotopic (exact) mass is 1340 g/mol. The summed E-state index contributed by atoms with van der Waals surface area (Å²) in [4.78, 5) is 0. The van der Waals surface area contributed by atoms with Crippen LogP contribution in [0.3, 0.4) is 0 Å². The molecule has 498 valence electrons. The summed E-state index contributed by atoms with van der Waals surface area (Å²) >= 11 is 0. The zero-order chi connectivity index (χ0) is 70.8. The molecule has 3 aliphatic rings. The van der Waals surface area contributed by atoms with E-state index in [-0.39, 0.29) is 16.2 Å². The average molecular weight is 1340 g/mol. The van der Waals surface area contributed by atoms with Crippen LogP contribution in [0.4, 0.5) is 0 Å². The Morgan fingerprint density at radius 3 is 0.800 bits per heavy atom. The van der Waals surface area contributed by atoms with Crippen LogP contribution in [-0.4, -0.2) is 0 Å². The molecule has 0 heterocycles. The van der Waals surface area contributed by atoms with E-state index in [4.69, 9.17) is 0 Å². The van der Waals surface area contributed by atoms with E-state index in [9.17, 15) is 0 Å². The Balaban J connectivity index is 0.000000140. The molecule has 0 aliphatic heterocycles. The topological polar surface area (TPSA) is 0 Å². The van der Waals surface area contributed by atoms with Gasteiger partial charge in [-0.2, -0.15) is 0 Å². The number of benzene rings is 18. The van der Waals surface area contributed by atoms with Crippen molar-refractivity contribution in [2.75, 3.05) is 0 Å². The Morgan fingerprint density at radius 1 is 0.162 bits per heavy atom. The highest BCUT2D eigenvalue weighted by atomic mass is 14.4. The summed E-state index contributed by atoms with van der Waals surface area (Å²) in [6.45, 7) is 18.7. The van der Waals surface area contributed by atoms with E-state index in [2.05, 4.69) is 383 Å². The van der Waals surface area contributed by atoms with Gasteiger partial charge in [-0.1, -0.05) is 332 Å². The zero-order valence-corrected chi connectivity index (χ0v) is 60.7. The summed E-state index contributed by atoms with van der Waals surface area (Å²) in [5.41, 5.74) is 34.2. The molecule has 0 fully saturated rings. The predicted molar refractivity (Wildman–Crippen MR) is 450 cm³/mol. The summed E-state index contributed by atoms with van der Waals surface area (Å²) in [5, 5.41) is 18.0. The van der Waals surface area contributed by atoms with E-state index >= 15 is 0 Å². The highest BCUT2D eigenvalue weighted by molar-refractivity contribution is 6.24. The molecule has 0 spiro atoms. The summed E-state index contributed by atoms with van der Waals surface area (Å²) < 4.78 is 0. The Labute approximate surface area is 615 Å². The molecule has 0 saturated carbocycles. The van der Waals surface area contributed by atoms with Gasteiger partial charge in [-0.05, 0) is 271 Å². The van der Waals surface area contributed by atoms with Gasteiger partial charge in [-0.15, -0.1) is 0 Å². The second kappa shape index (κ2) is 23.4. The number of rotatable bonds is 6. The Hall–Kier alpha value is -12.2. The lowest BCUT2D eigenvalue weighted by Gasteiger charge is -2.24. The summed E-state index contributed by atoms with van der Waals surface area (Å²) in [5.74, 6) is 0. The first-order valence-corrected chi connectivity index (χ1v) is 37.3. The van der Waals surface area contributed by atoms with Crippen molar-refractivity contribution in [2.45, 2.75) is 71.6 Å². The summed E-state index contributed by atoms with van der Waals surface area (Å²) in [6, 6.07) is 123. The number of hydrogen-bond donors (Lipinski definition) is 0. The predicted octanol–water partition coefficient (Wildman–Crippen LogP) is 29.0. The lowest BCUT2D eigenvalue weighted by atomic mass is 9.79. The molecule has 0 aromatic heterocycles. The average Bonchev–Trinajstić information content (AvgIpc) is 1.67. The fourth-order valence-corrected chi connectivity index (χ4v) is 18.9. The fraction of sp³-hybridized carbons (Fsp3) is 0.105. The van der Waals surface area contributed by atoms with E-state index in [1.165, 1.54) is 220 Å². The molecule has 0 nitrogen and oxygen atoms in total. The van der Waals surface area contributed by atoms with E-state index < -0.39 is 0 Å². The minimum Gasteiger partial charge on any atom is -0.0619 e. The van der Waals surface area contributed by atoms with Crippen molar-refractivity contribution < 1.29 is 0 Å². The Morgan fingerprint density at radius 2 is 0.400 bits per heavy atom. The minimum atomic E-state index is -0.148. The molecule has 0 heteroatoms. The molecule has 0 amide bonds. The van der Waals surface area contributed by atoms with Gasteiger partial charge in [-0.25, -0.2) is 0 Å². The standard InChI is InChI=1S/C55H42.C50H36/c1-33-18-24-46-47(28-33)53(39-23-26-41-40-14-10-11-17-48(40)54(2,3)50(41)32-39)45-16-9-8-15-44(45)52(46)38-22-27-43-42-25-21-37(30-49(42)55(4,5)51(43)31-38)36-20-19-34-12-6-7-13-35(34)29-36;1-31-16-24-44-45(26-31)49(39-23-25-41-40-12-8-9-15-46(40)50(2,3)47(41)30-39)43-14-7-6-13-42(43)48(44)38-22-21-36-28-35(19-20-37(36)29-38)34-18-17-32-10-4-5-11-33(32)27-34/h6-32H,1-5H3;4-30H,1-3H3. The maximum absolute atomic E-state index is 2.50. The van der Waals surface area contributed by atoms with Gasteiger partial charge in [0.15, 0.2) is 0 Å². The summed E-state index contributed by atoms with van der Waals surface area (Å²) in [7, 11) is 0. The van der Waals surface area contributed by atoms with Crippen LogP contribution >= 0.6 is 0 Å². The van der Waals surface area contributed by atoms with Gasteiger partial charge < -0.3 is 0 Å². The van der Waals surface area contributed by atoms with E-state index in [0.717, 1.165) is 0 Å². The van der Waals surface area contributed by atoms with Crippen molar-refractivity contribution in [2.24, 2.45) is 0 Å². The second-order valence-electron chi connectivity index (χ2n) is 31.6. The highest BCUT2D eigenvalue weighted by Gasteiger charge is 2.39. The Kier molecular flexibility index (Phi) is 13.9. The van der Waals surface area contributed by atoms with Crippen LogP contribution in [0.5, 0.6) is 0 Å². The van der Waals surface area contributed by atoms with Gasteiger partial charge >= 0.3 is 0 Å². The van der Waals surface area contributed by atoms with E-state index in [1.807, 2.05) is 0 Å². The molecule has 0 atom stereocenters. The number of hydrogen-bond acceptors (Lipinski definition) is 0. The maximum atomic E-state index is 2.50. The molecule has 0 radical (unpaired) electrons. The molecule has 0 N–H and O–H groups in total. The van der Waals surface area contributed by atoms with Gasteiger partial charge in [0.25, 0.3) is 0 Å². The van der Waals surface area contributed by atoms with Gasteiger partial charge in [-0.3, -0.25) is 0 Å². The highest BCUT2D eigenvalue weighted by Crippen LogP contribution is 2.56. The van der Waals surface area contributed by atoms with Crippen molar-refractivity contribution in [3.8, 4) is 100 Å². The van der Waals surface area contributed by atoms with Crippen molar-refractivity contribution >= 4 is 75.4 Å². The van der Waals surface area contributed by atoms with Crippen LogP contribution in [0.1, 0.15) is 86.1 Å². The van der Waals surface area contributed by atoms with Crippen molar-refractivity contribution in [1.29, 1.82) is 0 Å². The van der Waals surface area contributed by atoms with Gasteiger partial charge in [0.1, 0.15) is 0 Å². The Bertz CT molecular complexity index is 6760. The van der Waals surface area contributed by atoms with Crippen molar-refractivity contribution in [1.82, 2.24) is 0 Å². The SMILES string of the molecule is Cc1ccc2c(-c3ccc4c(c3)C(C)(C)c3cc(-c5ccc6ccccc6c5)ccc3-4)c3ccccc3c(-c3ccc4c(c3)C(C)(C)c3ccccc3-4)c2c1.Cc1ccc2c(-c3ccc4cc(-c5ccc6ccccc6c5)ccc4c3)c3ccccc3c(-c3ccc4c(c3)C(C)(C)c3ccccc3-4)c2c1. The lowest BCUT2D eigenvalue weighted by Crippen LogP contribution is -2.15. The third-order valence-electron chi connectivity index (χ3n) is 24.4. The van der Waals surface area contributed by atoms with E-state index in [1.54, 1.807) is 0 Å². The maximum Gasteiger partial charge on any atom is 0.0159 e. The largest absolute Gasteiger partial charge is 0.0619 e. The lowest BCUT2D eigenvalue weighted by molar-refractivity contribution is 0.660. The smallest absolute Gasteiger partial charge is 0.0159 e. The third-order valence-corrected chi connectivity index (χ3v) is 24.4. The molecular formula is C105H78. The van der Waals surface area contributed by atoms with Crippen molar-refractivity contribution in [3.05, 3.63) is 372 Å². The first-order chi connectivity index (χ1) is 51.1. The molecule has 105 heavy (non-hydrogen) atoms. The van der Waals surface area contributed by atoms with Crippen LogP contribution < -0.4 is 0 Å². The van der Waals surface area contributed by atoms with Gasteiger partial charge in [0.2, 0.25) is 0 Å². The van der Waals surface area contributed by atoms with Crippen molar-refractivity contribution in [3.63, 3.8) is 0 Å². The quantitative estimate of drug-likeness (QED) is 0.146. The molecule has 0 bridgehead atoms. The molecule has 18 aromatic rings. The second-order valence-corrected chi connectivity index (χ2v) is 31.6. The van der Waals surface area contributed by atoms with E-state index in [0.29, 0.717) is 0 Å². The van der Waals surface area contributed by atoms with Gasteiger partial charge in [0.05, 0.1) is 0 Å². The molecule has 0 saturated heterocycles. The van der Waals surface area contributed by atoms with Crippen LogP contribution in [0.25, 0.3) is 176 Å². The number of aryl methyl sites for hydroxylation is 2. The minimum absolute atomic E-state index is 0.0529.